The SMILES string of the molecule is N[C@@H](Cc1cc(I)c(Oc2ccc(O)c(Cc3ccccn3)c2)c(I)c1)C(=O)O. The molecule has 0 fully saturated rings. The third kappa shape index (κ3) is 5.80. The van der Waals surface area contributed by atoms with Crippen molar-refractivity contribution < 1.29 is 19.7 Å². The van der Waals surface area contributed by atoms with E-state index in [9.17, 15) is 9.90 Å². The average Bonchev–Trinajstić information content (AvgIpc) is 2.68. The summed E-state index contributed by atoms with van der Waals surface area (Å²) in [5.74, 6) is 0.429. The van der Waals surface area contributed by atoms with E-state index in [1.165, 1.54) is 0 Å². The number of halogens is 2. The van der Waals surface area contributed by atoms with Crippen molar-refractivity contribution in [2.75, 3.05) is 0 Å². The molecule has 0 bridgehead atoms. The molecular weight excluding hydrogens is 598 g/mol. The van der Waals surface area contributed by atoms with Gasteiger partial charge >= 0.3 is 5.97 Å². The lowest BCUT2D eigenvalue weighted by molar-refractivity contribution is -0.138. The zero-order valence-electron chi connectivity index (χ0n) is 15.2. The summed E-state index contributed by atoms with van der Waals surface area (Å²) in [6.45, 7) is 0. The molecule has 0 aliphatic heterocycles. The molecule has 3 rings (SSSR count). The first kappa shape index (κ1) is 21.8. The number of aliphatic carboxylic acids is 1. The summed E-state index contributed by atoms with van der Waals surface area (Å²) < 4.78 is 7.78. The van der Waals surface area contributed by atoms with Gasteiger partial charge in [-0.05, 0) is 99.6 Å². The Balaban J connectivity index is 1.82. The minimum atomic E-state index is -1.03. The predicted octanol–water partition coefficient (Wildman–Crippen LogP) is 4.33. The first-order valence-electron chi connectivity index (χ1n) is 8.69. The highest BCUT2D eigenvalue weighted by atomic mass is 127. The number of carboxylic acids is 1. The predicted molar refractivity (Wildman–Crippen MR) is 126 cm³/mol. The van der Waals surface area contributed by atoms with Crippen molar-refractivity contribution in [3.05, 3.63) is 78.7 Å². The number of nitrogens with zero attached hydrogens (tertiary/aromatic N) is 1. The molecule has 0 amide bonds. The van der Waals surface area contributed by atoms with Crippen LogP contribution in [0.2, 0.25) is 0 Å². The minimum Gasteiger partial charge on any atom is -0.508 e. The van der Waals surface area contributed by atoms with E-state index in [0.717, 1.165) is 24.0 Å². The van der Waals surface area contributed by atoms with Crippen molar-refractivity contribution in [1.82, 2.24) is 4.98 Å². The summed E-state index contributed by atoms with van der Waals surface area (Å²) >= 11 is 4.32. The first-order valence-corrected chi connectivity index (χ1v) is 10.8. The van der Waals surface area contributed by atoms with Crippen LogP contribution in [0.25, 0.3) is 0 Å². The van der Waals surface area contributed by atoms with Gasteiger partial charge in [0.1, 0.15) is 17.5 Å². The summed E-state index contributed by atoms with van der Waals surface area (Å²) in [6.07, 6.45) is 2.45. The molecule has 3 aromatic rings. The van der Waals surface area contributed by atoms with Crippen LogP contribution < -0.4 is 10.5 Å². The lowest BCUT2D eigenvalue weighted by atomic mass is 10.1. The van der Waals surface area contributed by atoms with Gasteiger partial charge in [0, 0.05) is 23.9 Å². The van der Waals surface area contributed by atoms with Crippen molar-refractivity contribution in [3.63, 3.8) is 0 Å². The topological polar surface area (TPSA) is 106 Å². The highest BCUT2D eigenvalue weighted by molar-refractivity contribution is 14.1. The molecule has 0 spiro atoms. The maximum absolute atomic E-state index is 11.0. The number of rotatable bonds is 7. The molecule has 8 heteroatoms. The first-order chi connectivity index (χ1) is 13.8. The highest BCUT2D eigenvalue weighted by Crippen LogP contribution is 2.35. The number of hydrogen-bond acceptors (Lipinski definition) is 5. The van der Waals surface area contributed by atoms with E-state index in [1.54, 1.807) is 24.4 Å². The molecule has 0 aliphatic rings. The number of phenols is 1. The summed E-state index contributed by atoms with van der Waals surface area (Å²) in [7, 11) is 0. The van der Waals surface area contributed by atoms with Gasteiger partial charge in [-0.1, -0.05) is 6.07 Å². The van der Waals surface area contributed by atoms with Crippen molar-refractivity contribution in [2.24, 2.45) is 5.73 Å². The molecule has 6 nitrogen and oxygen atoms in total. The Morgan fingerprint density at radius 2 is 1.86 bits per heavy atom. The second-order valence-electron chi connectivity index (χ2n) is 6.43. The van der Waals surface area contributed by atoms with Gasteiger partial charge in [-0.25, -0.2) is 0 Å². The largest absolute Gasteiger partial charge is 0.508 e. The van der Waals surface area contributed by atoms with Crippen LogP contribution in [-0.2, 0) is 17.6 Å². The number of aromatic nitrogens is 1. The molecule has 150 valence electrons. The summed E-state index contributed by atoms with van der Waals surface area (Å²) in [5, 5.41) is 19.2. The Labute approximate surface area is 195 Å². The molecule has 0 radical (unpaired) electrons. The van der Waals surface area contributed by atoms with Crippen molar-refractivity contribution in [1.29, 1.82) is 0 Å². The van der Waals surface area contributed by atoms with E-state index in [1.807, 2.05) is 30.3 Å². The van der Waals surface area contributed by atoms with Gasteiger partial charge in [0.05, 0.1) is 7.14 Å². The normalized spacial score (nSPS) is 11.8. The number of phenolic OH excluding ortho intramolecular Hbond substituents is 1. The number of aromatic hydroxyl groups is 1. The van der Waals surface area contributed by atoms with Gasteiger partial charge < -0.3 is 20.7 Å². The molecule has 0 saturated carbocycles. The van der Waals surface area contributed by atoms with Crippen LogP contribution in [0, 0.1) is 7.14 Å². The van der Waals surface area contributed by atoms with E-state index in [4.69, 9.17) is 15.6 Å². The van der Waals surface area contributed by atoms with Crippen molar-refractivity contribution in [3.8, 4) is 17.2 Å². The number of ether oxygens (including phenoxy) is 1. The Morgan fingerprint density at radius 1 is 1.14 bits per heavy atom. The lowest BCUT2D eigenvalue weighted by Crippen LogP contribution is -2.32. The number of hydrogen-bond donors (Lipinski definition) is 3. The molecule has 1 heterocycles. The molecule has 4 N–H and O–H groups in total. The monoisotopic (exact) mass is 616 g/mol. The molecule has 0 aliphatic carbocycles. The van der Waals surface area contributed by atoms with Crippen LogP contribution in [-0.4, -0.2) is 27.2 Å². The van der Waals surface area contributed by atoms with Crippen molar-refractivity contribution >= 4 is 51.2 Å². The van der Waals surface area contributed by atoms with Crippen LogP contribution >= 0.6 is 45.2 Å². The Bertz CT molecular complexity index is 1010. The van der Waals surface area contributed by atoms with E-state index in [0.29, 0.717) is 17.9 Å². The Morgan fingerprint density at radius 3 is 2.48 bits per heavy atom. The Hall–Kier alpha value is -1.92. The second kappa shape index (κ2) is 9.72. The summed E-state index contributed by atoms with van der Waals surface area (Å²) in [5.41, 5.74) is 8.04. The van der Waals surface area contributed by atoms with E-state index >= 15 is 0 Å². The number of pyridine rings is 1. The molecule has 0 saturated heterocycles. The standard InChI is InChI=1S/C21H18I2N2O4/c22-16-7-12(9-18(24)21(27)28)8-17(23)20(16)29-15-4-5-19(26)13(11-15)10-14-3-1-2-6-25-14/h1-8,11,18,26H,9-10,24H2,(H,27,28)/t18-/m0/s1. The molecule has 1 aromatic heterocycles. The third-order valence-corrected chi connectivity index (χ3v) is 5.80. The fourth-order valence-corrected chi connectivity index (χ4v) is 4.87. The van der Waals surface area contributed by atoms with E-state index in [-0.39, 0.29) is 12.2 Å². The van der Waals surface area contributed by atoms with Crippen LogP contribution in [0.4, 0.5) is 0 Å². The zero-order valence-corrected chi connectivity index (χ0v) is 19.5. The van der Waals surface area contributed by atoms with Gasteiger partial charge in [-0.3, -0.25) is 9.78 Å². The molecular formula is C21H18I2N2O4. The van der Waals surface area contributed by atoms with Crippen molar-refractivity contribution in [2.45, 2.75) is 18.9 Å². The summed E-state index contributed by atoms with van der Waals surface area (Å²) in [4.78, 5) is 15.3. The van der Waals surface area contributed by atoms with Gasteiger partial charge in [0.2, 0.25) is 0 Å². The van der Waals surface area contributed by atoms with Gasteiger partial charge in [0.15, 0.2) is 5.75 Å². The maximum atomic E-state index is 11.0. The highest BCUT2D eigenvalue weighted by Gasteiger charge is 2.16. The minimum absolute atomic E-state index is 0.186. The van der Waals surface area contributed by atoms with Gasteiger partial charge in [-0.2, -0.15) is 0 Å². The second-order valence-corrected chi connectivity index (χ2v) is 8.75. The fourth-order valence-electron chi connectivity index (χ4n) is 2.75. The average molecular weight is 616 g/mol. The number of nitrogens with two attached hydrogens (primary N) is 1. The lowest BCUT2D eigenvalue weighted by Gasteiger charge is -2.14. The van der Waals surface area contributed by atoms with Crippen LogP contribution in [0.3, 0.4) is 0 Å². The Kier molecular flexibility index (Phi) is 7.30. The van der Waals surface area contributed by atoms with E-state index < -0.39 is 12.0 Å². The molecule has 2 aromatic carbocycles. The number of carbonyl (C=O) groups is 1. The van der Waals surface area contributed by atoms with Crippen LogP contribution in [0.5, 0.6) is 17.2 Å². The third-order valence-electron chi connectivity index (χ3n) is 4.20. The molecule has 29 heavy (non-hydrogen) atoms. The molecule has 0 unspecified atom stereocenters. The fraction of sp³-hybridized carbons (Fsp3) is 0.143. The summed E-state index contributed by atoms with van der Waals surface area (Å²) in [6, 6.07) is 13.6. The number of benzene rings is 2. The smallest absolute Gasteiger partial charge is 0.320 e. The molecule has 1 atom stereocenters. The quantitative estimate of drug-likeness (QED) is 0.342. The van der Waals surface area contributed by atoms with Crippen LogP contribution in [0.15, 0.2) is 54.7 Å². The van der Waals surface area contributed by atoms with Crippen LogP contribution in [0.1, 0.15) is 16.8 Å². The number of carboxylic acid groups (broad SMARTS) is 1. The van der Waals surface area contributed by atoms with Gasteiger partial charge in [-0.15, -0.1) is 0 Å². The maximum Gasteiger partial charge on any atom is 0.320 e. The zero-order chi connectivity index (χ0) is 21.0. The van der Waals surface area contributed by atoms with Gasteiger partial charge in [0.25, 0.3) is 0 Å². The van der Waals surface area contributed by atoms with E-state index in [2.05, 4.69) is 50.2 Å².